The lowest BCUT2D eigenvalue weighted by Gasteiger charge is -2.34. The Labute approximate surface area is 182 Å². The van der Waals surface area contributed by atoms with Gasteiger partial charge in [-0.3, -0.25) is 10.3 Å². The van der Waals surface area contributed by atoms with Gasteiger partial charge in [-0.2, -0.15) is 0 Å². The number of ether oxygens (including phenoxy) is 3. The number of nitrogens with zero attached hydrogens (tertiary/aromatic N) is 1. The normalized spacial score (nSPS) is 21.5. The second kappa shape index (κ2) is 11.3. The minimum absolute atomic E-state index is 0.0255. The Morgan fingerprint density at radius 2 is 2.03 bits per heavy atom. The summed E-state index contributed by atoms with van der Waals surface area (Å²) >= 11 is 1.07. The molecule has 0 aliphatic carbocycles. The Hall–Kier alpha value is -2.16. The smallest absolute Gasteiger partial charge is 0.416 e. The van der Waals surface area contributed by atoms with Gasteiger partial charge in [0.15, 0.2) is 5.17 Å². The quantitative estimate of drug-likeness (QED) is 0.297. The topological polar surface area (TPSA) is 88.9 Å². The van der Waals surface area contributed by atoms with E-state index in [0.29, 0.717) is 19.4 Å². The molecule has 0 bridgehead atoms. The second-order valence-electron chi connectivity index (χ2n) is 7.93. The van der Waals surface area contributed by atoms with Gasteiger partial charge in [-0.25, -0.2) is 4.79 Å². The van der Waals surface area contributed by atoms with E-state index in [1.807, 2.05) is 30.3 Å². The second-order valence-corrected chi connectivity index (χ2v) is 9.08. The molecule has 1 saturated heterocycles. The number of nitrogens with one attached hydrogen (secondary N) is 1. The summed E-state index contributed by atoms with van der Waals surface area (Å²) in [7, 11) is 0. The maximum Gasteiger partial charge on any atom is 0.416 e. The molecule has 1 aliphatic rings. The van der Waals surface area contributed by atoms with E-state index in [-0.39, 0.29) is 17.8 Å². The standard InChI is InChI=1S/C22H30N2O5S/c1-5-11-24(21(26)29-22(2,3)4)20(23)30-19-13-17(12-18(14-25)28-19)27-15-16-9-7-6-8-10-16/h5-10,14,17-19,23H,1,11-13,15H2,2-4H3. The van der Waals surface area contributed by atoms with Crippen molar-refractivity contribution in [3.8, 4) is 0 Å². The molecule has 1 fully saturated rings. The van der Waals surface area contributed by atoms with Crippen LogP contribution in [0.4, 0.5) is 4.79 Å². The van der Waals surface area contributed by atoms with Crippen LogP contribution in [0.5, 0.6) is 0 Å². The number of carbonyl (C=O) groups is 2. The van der Waals surface area contributed by atoms with Gasteiger partial charge in [-0.15, -0.1) is 6.58 Å². The Morgan fingerprint density at radius 3 is 2.63 bits per heavy atom. The monoisotopic (exact) mass is 434 g/mol. The summed E-state index contributed by atoms with van der Waals surface area (Å²) in [4.78, 5) is 25.0. The molecular weight excluding hydrogens is 404 g/mol. The average molecular weight is 435 g/mol. The highest BCUT2D eigenvalue weighted by molar-refractivity contribution is 8.14. The van der Waals surface area contributed by atoms with Crippen molar-refractivity contribution in [2.75, 3.05) is 6.54 Å². The van der Waals surface area contributed by atoms with Gasteiger partial charge in [0, 0.05) is 19.4 Å². The highest BCUT2D eigenvalue weighted by Crippen LogP contribution is 2.30. The summed E-state index contributed by atoms with van der Waals surface area (Å²) in [6.07, 6.45) is 1.82. The van der Waals surface area contributed by atoms with Crippen LogP contribution in [0, 0.1) is 5.41 Å². The van der Waals surface area contributed by atoms with Gasteiger partial charge in [0.05, 0.1) is 12.7 Å². The third-order valence-corrected chi connectivity index (χ3v) is 5.18. The Morgan fingerprint density at radius 1 is 1.33 bits per heavy atom. The first-order valence-corrected chi connectivity index (χ1v) is 10.7. The zero-order valence-electron chi connectivity index (χ0n) is 17.7. The van der Waals surface area contributed by atoms with Crippen molar-refractivity contribution in [2.45, 2.75) is 63.5 Å². The van der Waals surface area contributed by atoms with Crippen molar-refractivity contribution >= 4 is 29.3 Å². The van der Waals surface area contributed by atoms with Crippen molar-refractivity contribution in [3.63, 3.8) is 0 Å². The first-order valence-electron chi connectivity index (χ1n) is 9.84. The lowest BCUT2D eigenvalue weighted by Crippen LogP contribution is -2.42. The Kier molecular flexibility index (Phi) is 9.08. The highest BCUT2D eigenvalue weighted by atomic mass is 32.2. The predicted molar refractivity (Wildman–Crippen MR) is 117 cm³/mol. The van der Waals surface area contributed by atoms with Crippen LogP contribution in [0.15, 0.2) is 43.0 Å². The van der Waals surface area contributed by atoms with E-state index in [4.69, 9.17) is 19.6 Å². The highest BCUT2D eigenvalue weighted by Gasteiger charge is 2.33. The summed E-state index contributed by atoms with van der Waals surface area (Å²) in [5, 5.41) is 8.35. The van der Waals surface area contributed by atoms with E-state index in [1.165, 1.54) is 11.0 Å². The molecule has 0 radical (unpaired) electrons. The molecule has 0 saturated carbocycles. The summed E-state index contributed by atoms with van der Waals surface area (Å²) < 4.78 is 17.1. The molecule has 2 rings (SSSR count). The molecule has 1 amide bonds. The number of amidine groups is 1. The summed E-state index contributed by atoms with van der Waals surface area (Å²) in [5.74, 6) is 0. The van der Waals surface area contributed by atoms with Gasteiger partial charge in [-0.1, -0.05) is 48.2 Å². The van der Waals surface area contributed by atoms with E-state index in [9.17, 15) is 9.59 Å². The maximum atomic E-state index is 12.5. The van der Waals surface area contributed by atoms with Crippen LogP contribution < -0.4 is 0 Å². The number of hydrogen-bond acceptors (Lipinski definition) is 7. The van der Waals surface area contributed by atoms with Crippen LogP contribution in [-0.2, 0) is 25.6 Å². The van der Waals surface area contributed by atoms with Crippen molar-refractivity contribution < 1.29 is 23.8 Å². The van der Waals surface area contributed by atoms with Crippen molar-refractivity contribution in [2.24, 2.45) is 0 Å². The number of hydrogen-bond donors (Lipinski definition) is 1. The molecule has 1 aromatic rings. The number of amides is 1. The third-order valence-electron chi connectivity index (χ3n) is 4.17. The average Bonchev–Trinajstić information content (AvgIpc) is 2.69. The van der Waals surface area contributed by atoms with E-state index in [1.54, 1.807) is 20.8 Å². The molecule has 1 aliphatic heterocycles. The lowest BCUT2D eigenvalue weighted by atomic mass is 10.1. The fourth-order valence-electron chi connectivity index (χ4n) is 2.84. The number of carbonyl (C=O) groups excluding carboxylic acids is 2. The minimum Gasteiger partial charge on any atom is -0.443 e. The summed E-state index contributed by atoms with van der Waals surface area (Å²) in [6.45, 7) is 9.52. The maximum absolute atomic E-state index is 12.5. The zero-order chi connectivity index (χ0) is 22.1. The number of benzene rings is 1. The summed E-state index contributed by atoms with van der Waals surface area (Å²) in [5.41, 5.74) is -0.121. The first kappa shape index (κ1) is 24.1. The Bertz CT molecular complexity index is 735. The molecule has 164 valence electrons. The van der Waals surface area contributed by atoms with Crippen LogP contribution in [0.25, 0.3) is 0 Å². The first-order chi connectivity index (χ1) is 14.2. The number of thioether (sulfide) groups is 1. The number of rotatable bonds is 7. The van der Waals surface area contributed by atoms with Gasteiger partial charge in [0.2, 0.25) is 0 Å². The number of aldehydes is 1. The van der Waals surface area contributed by atoms with Gasteiger partial charge in [0.25, 0.3) is 0 Å². The van der Waals surface area contributed by atoms with Crippen molar-refractivity contribution in [1.82, 2.24) is 4.90 Å². The molecule has 3 atom stereocenters. The van der Waals surface area contributed by atoms with Gasteiger partial charge < -0.3 is 19.0 Å². The van der Waals surface area contributed by atoms with Crippen LogP contribution in [0.3, 0.4) is 0 Å². The molecule has 1 aromatic carbocycles. The molecule has 0 aromatic heterocycles. The SMILES string of the molecule is C=CCN(C(=N)SC1CC(OCc2ccccc2)CC(C=O)O1)C(=O)OC(C)(C)C. The van der Waals surface area contributed by atoms with Crippen LogP contribution in [-0.4, -0.2) is 52.2 Å². The van der Waals surface area contributed by atoms with E-state index >= 15 is 0 Å². The fourth-order valence-corrected chi connectivity index (χ4v) is 3.87. The zero-order valence-corrected chi connectivity index (χ0v) is 18.5. The molecule has 8 heteroatoms. The van der Waals surface area contributed by atoms with Crippen LogP contribution >= 0.6 is 11.8 Å². The molecule has 7 nitrogen and oxygen atoms in total. The largest absolute Gasteiger partial charge is 0.443 e. The molecule has 1 heterocycles. The van der Waals surface area contributed by atoms with Gasteiger partial charge in [-0.05, 0) is 26.3 Å². The van der Waals surface area contributed by atoms with Gasteiger partial charge in [0.1, 0.15) is 23.4 Å². The van der Waals surface area contributed by atoms with E-state index in [0.717, 1.165) is 23.6 Å². The fraction of sp³-hybridized carbons (Fsp3) is 0.500. The molecular formula is C22H30N2O5S. The van der Waals surface area contributed by atoms with Crippen molar-refractivity contribution in [3.05, 3.63) is 48.6 Å². The third kappa shape index (κ3) is 7.93. The predicted octanol–water partition coefficient (Wildman–Crippen LogP) is 4.37. The van der Waals surface area contributed by atoms with Crippen molar-refractivity contribution in [1.29, 1.82) is 5.41 Å². The summed E-state index contributed by atoms with van der Waals surface area (Å²) in [6, 6.07) is 9.79. The van der Waals surface area contributed by atoms with E-state index < -0.39 is 23.2 Å². The molecule has 30 heavy (non-hydrogen) atoms. The lowest BCUT2D eigenvalue weighted by molar-refractivity contribution is -0.131. The molecule has 3 unspecified atom stereocenters. The molecule has 0 spiro atoms. The van der Waals surface area contributed by atoms with Crippen LogP contribution in [0.1, 0.15) is 39.2 Å². The Balaban J connectivity index is 1.99. The molecule has 1 N–H and O–H groups in total. The van der Waals surface area contributed by atoms with Crippen LogP contribution in [0.2, 0.25) is 0 Å². The van der Waals surface area contributed by atoms with Gasteiger partial charge >= 0.3 is 6.09 Å². The minimum atomic E-state index is -0.679. The van der Waals surface area contributed by atoms with E-state index in [2.05, 4.69) is 6.58 Å².